The first-order valence-electron chi connectivity index (χ1n) is 9.19. The van der Waals surface area contributed by atoms with Crippen LogP contribution in [0.3, 0.4) is 0 Å². The van der Waals surface area contributed by atoms with E-state index in [0.29, 0.717) is 27.6 Å². The Balaban J connectivity index is 1.39. The summed E-state index contributed by atoms with van der Waals surface area (Å²) in [7, 11) is 0. The number of rotatable bonds is 3. The molecule has 1 aromatic rings. The molecule has 1 aliphatic heterocycles. The summed E-state index contributed by atoms with van der Waals surface area (Å²) in [6.07, 6.45) is 5.34. The Morgan fingerprint density at radius 2 is 1.70 bits per heavy atom. The molecule has 0 aromatic heterocycles. The number of hydrogen-bond acceptors (Lipinski definition) is 3. The van der Waals surface area contributed by atoms with Gasteiger partial charge in [-0.15, -0.1) is 0 Å². The summed E-state index contributed by atoms with van der Waals surface area (Å²) < 4.78 is 0. The van der Waals surface area contributed by atoms with Crippen molar-refractivity contribution in [2.75, 3.05) is 5.32 Å². The van der Waals surface area contributed by atoms with E-state index in [1.807, 2.05) is 0 Å². The summed E-state index contributed by atoms with van der Waals surface area (Å²) >= 11 is 12.1. The van der Waals surface area contributed by atoms with Gasteiger partial charge in [0.25, 0.3) is 0 Å². The third-order valence-electron chi connectivity index (χ3n) is 6.65. The first kappa shape index (κ1) is 17.3. The van der Waals surface area contributed by atoms with Gasteiger partial charge in [0.1, 0.15) is 6.04 Å². The van der Waals surface area contributed by atoms with E-state index in [4.69, 9.17) is 23.2 Å². The van der Waals surface area contributed by atoms with E-state index in [0.717, 1.165) is 6.42 Å². The number of carbonyl (C=O) groups excluding carboxylic acids is 3. The first-order valence-corrected chi connectivity index (χ1v) is 9.95. The second-order valence-corrected chi connectivity index (χ2v) is 8.83. The topological polar surface area (TPSA) is 66.5 Å². The van der Waals surface area contributed by atoms with Gasteiger partial charge in [0, 0.05) is 5.02 Å². The lowest BCUT2D eigenvalue weighted by atomic mass is 9.63. The normalized spacial score (nSPS) is 36.5. The summed E-state index contributed by atoms with van der Waals surface area (Å²) in [6, 6.07) is 3.84. The molecule has 0 spiro atoms. The SMILES string of the molecule is C[C@H](C(=O)Nc1cc(Cl)ccc1Cl)N1C(=O)[C@@H]2[C@H]3C=C[C@@H]([C@@H]4C[C@H]34)[C@H]2C1=O. The molecule has 7 atom stereocenters. The summed E-state index contributed by atoms with van der Waals surface area (Å²) in [5.74, 6) is -0.135. The summed E-state index contributed by atoms with van der Waals surface area (Å²) in [5, 5.41) is 3.47. The molecule has 0 unspecified atom stereocenters. The van der Waals surface area contributed by atoms with Gasteiger partial charge in [0.05, 0.1) is 22.5 Å². The summed E-state index contributed by atoms with van der Waals surface area (Å²) in [5.41, 5.74) is 0.362. The lowest BCUT2D eigenvalue weighted by molar-refractivity contribution is -0.146. The van der Waals surface area contributed by atoms with E-state index in [-0.39, 0.29) is 35.5 Å². The number of carbonyl (C=O) groups is 3. The minimum Gasteiger partial charge on any atom is -0.323 e. The van der Waals surface area contributed by atoms with Gasteiger partial charge >= 0.3 is 0 Å². The average Bonchev–Trinajstić information content (AvgIpc) is 3.42. The number of halogens is 2. The number of amides is 3. The minimum absolute atomic E-state index is 0.143. The van der Waals surface area contributed by atoms with Crippen LogP contribution in [0.4, 0.5) is 5.69 Å². The second kappa shape index (κ2) is 5.82. The molecule has 3 fully saturated rings. The molecule has 1 N–H and O–H groups in total. The van der Waals surface area contributed by atoms with E-state index in [1.165, 1.54) is 4.90 Å². The predicted octanol–water partition coefficient (Wildman–Crippen LogP) is 3.37. The van der Waals surface area contributed by atoms with Crippen molar-refractivity contribution < 1.29 is 14.4 Å². The minimum atomic E-state index is -0.902. The monoisotopic (exact) mass is 404 g/mol. The number of hydrogen-bond donors (Lipinski definition) is 1. The van der Waals surface area contributed by atoms with Gasteiger partial charge in [0.2, 0.25) is 17.7 Å². The lowest BCUT2D eigenvalue weighted by Gasteiger charge is -2.37. The van der Waals surface area contributed by atoms with Crippen LogP contribution >= 0.6 is 23.2 Å². The van der Waals surface area contributed by atoms with Crippen LogP contribution in [0.5, 0.6) is 0 Å². The predicted molar refractivity (Wildman–Crippen MR) is 101 cm³/mol. The van der Waals surface area contributed by atoms with E-state index in [2.05, 4.69) is 17.5 Å². The van der Waals surface area contributed by atoms with Crippen LogP contribution in [-0.4, -0.2) is 28.7 Å². The smallest absolute Gasteiger partial charge is 0.247 e. The van der Waals surface area contributed by atoms with Crippen molar-refractivity contribution in [3.05, 3.63) is 40.4 Å². The number of benzene rings is 1. The van der Waals surface area contributed by atoms with Gasteiger partial charge < -0.3 is 5.32 Å². The Hall–Kier alpha value is -1.85. The van der Waals surface area contributed by atoms with Gasteiger partial charge in [-0.2, -0.15) is 0 Å². The van der Waals surface area contributed by atoms with Gasteiger partial charge in [-0.3, -0.25) is 19.3 Å². The number of likely N-dealkylation sites (tertiary alicyclic amines) is 1. The Bertz CT molecular complexity index is 878. The quantitative estimate of drug-likeness (QED) is 0.620. The molecule has 5 aliphatic rings. The molecule has 2 saturated carbocycles. The van der Waals surface area contributed by atoms with Crippen molar-refractivity contribution in [1.29, 1.82) is 0 Å². The Kier molecular flexibility index (Phi) is 3.72. The second-order valence-electron chi connectivity index (χ2n) is 7.99. The van der Waals surface area contributed by atoms with E-state index in [9.17, 15) is 14.4 Å². The third kappa shape index (κ3) is 2.41. The van der Waals surface area contributed by atoms with Crippen LogP contribution in [0.1, 0.15) is 13.3 Å². The Labute approximate surface area is 166 Å². The molecule has 3 amide bonds. The first-order chi connectivity index (χ1) is 12.9. The molecular weight excluding hydrogens is 387 g/mol. The van der Waals surface area contributed by atoms with Crippen molar-refractivity contribution in [3.8, 4) is 0 Å². The zero-order valence-corrected chi connectivity index (χ0v) is 16.1. The van der Waals surface area contributed by atoms with Crippen molar-refractivity contribution >= 4 is 46.6 Å². The van der Waals surface area contributed by atoms with Crippen LogP contribution in [-0.2, 0) is 14.4 Å². The molecule has 140 valence electrons. The molecule has 1 heterocycles. The summed E-state index contributed by atoms with van der Waals surface area (Å²) in [4.78, 5) is 40.0. The zero-order valence-electron chi connectivity index (χ0n) is 14.6. The van der Waals surface area contributed by atoms with Crippen LogP contribution < -0.4 is 5.32 Å². The third-order valence-corrected chi connectivity index (χ3v) is 7.21. The summed E-state index contributed by atoms with van der Waals surface area (Å²) in [6.45, 7) is 1.58. The lowest BCUT2D eigenvalue weighted by Crippen LogP contribution is -2.46. The van der Waals surface area contributed by atoms with Gasteiger partial charge in [-0.05, 0) is 55.2 Å². The fourth-order valence-corrected chi connectivity index (χ4v) is 5.65. The highest BCUT2D eigenvalue weighted by Crippen LogP contribution is 2.65. The Morgan fingerprint density at radius 3 is 2.30 bits per heavy atom. The fraction of sp³-hybridized carbons (Fsp3) is 0.450. The number of nitrogens with one attached hydrogen (secondary N) is 1. The molecule has 0 radical (unpaired) electrons. The maximum Gasteiger partial charge on any atom is 0.247 e. The van der Waals surface area contributed by atoms with Gasteiger partial charge in [-0.1, -0.05) is 35.4 Å². The highest BCUT2D eigenvalue weighted by Gasteiger charge is 2.67. The molecule has 1 aromatic carbocycles. The van der Waals surface area contributed by atoms with Crippen LogP contribution in [0.15, 0.2) is 30.4 Å². The van der Waals surface area contributed by atoms with Crippen molar-refractivity contribution in [2.24, 2.45) is 35.5 Å². The van der Waals surface area contributed by atoms with Gasteiger partial charge in [0.15, 0.2) is 0 Å². The van der Waals surface area contributed by atoms with Crippen LogP contribution in [0.25, 0.3) is 0 Å². The molecule has 4 aliphatic carbocycles. The number of anilines is 1. The van der Waals surface area contributed by atoms with E-state index in [1.54, 1.807) is 25.1 Å². The highest BCUT2D eigenvalue weighted by atomic mass is 35.5. The molecule has 7 heteroatoms. The zero-order chi connectivity index (χ0) is 19.0. The standard InChI is InChI=1S/C20H18Cl2N2O3/c1-8(18(25)23-15-6-9(21)2-5-14(15)22)24-19(26)16-10-3-4-11(13-7-12(10)13)17(16)20(24)27/h2-6,8,10-13,16-17H,7H2,1H3,(H,23,25)/t8-,10+,11+,12-,13+,16-,17-/m1/s1. The Morgan fingerprint density at radius 1 is 1.11 bits per heavy atom. The molecular formula is C20H18Cl2N2O3. The molecule has 5 nitrogen and oxygen atoms in total. The van der Waals surface area contributed by atoms with Crippen molar-refractivity contribution in [2.45, 2.75) is 19.4 Å². The van der Waals surface area contributed by atoms with E-state index >= 15 is 0 Å². The van der Waals surface area contributed by atoms with Crippen molar-refractivity contribution in [3.63, 3.8) is 0 Å². The average molecular weight is 405 g/mol. The highest BCUT2D eigenvalue weighted by molar-refractivity contribution is 6.35. The number of nitrogens with zero attached hydrogens (tertiary/aromatic N) is 1. The molecule has 2 bridgehead atoms. The number of imide groups is 1. The van der Waals surface area contributed by atoms with Crippen LogP contribution in [0, 0.1) is 35.5 Å². The molecule has 1 saturated heterocycles. The maximum atomic E-state index is 13.1. The molecule has 6 rings (SSSR count). The molecule has 27 heavy (non-hydrogen) atoms. The van der Waals surface area contributed by atoms with Crippen molar-refractivity contribution in [1.82, 2.24) is 4.90 Å². The van der Waals surface area contributed by atoms with Gasteiger partial charge in [-0.25, -0.2) is 0 Å². The van der Waals surface area contributed by atoms with E-state index < -0.39 is 11.9 Å². The fourth-order valence-electron chi connectivity index (χ4n) is 5.31. The van der Waals surface area contributed by atoms with Crippen LogP contribution in [0.2, 0.25) is 10.0 Å². The maximum absolute atomic E-state index is 13.1. The number of allylic oxidation sites excluding steroid dienone is 2. The largest absolute Gasteiger partial charge is 0.323 e.